The summed E-state index contributed by atoms with van der Waals surface area (Å²) in [7, 11) is 0. The topological polar surface area (TPSA) is 42.4 Å². The lowest BCUT2D eigenvalue weighted by Gasteiger charge is -2.14. The van der Waals surface area contributed by atoms with E-state index >= 15 is 0 Å². The fraction of sp³-hybridized carbons (Fsp3) is 0.375. The van der Waals surface area contributed by atoms with Gasteiger partial charge in [-0.15, -0.1) is 13.2 Å². The molecule has 0 unspecified atom stereocenters. The minimum Gasteiger partial charge on any atom is -0.404 e. The molecular formula is C8H7F3INO2. The summed E-state index contributed by atoms with van der Waals surface area (Å²) in [6, 6.07) is 0. The van der Waals surface area contributed by atoms with Crippen molar-refractivity contribution in [1.29, 1.82) is 0 Å². The molecule has 0 saturated heterocycles. The first-order chi connectivity index (χ1) is 6.85. The molecule has 1 N–H and O–H groups in total. The molecule has 0 amide bonds. The van der Waals surface area contributed by atoms with E-state index in [1.165, 1.54) is 13.1 Å². The smallest absolute Gasteiger partial charge is 0.404 e. The van der Waals surface area contributed by atoms with Crippen molar-refractivity contribution < 1.29 is 23.0 Å². The molecule has 3 nitrogen and oxygen atoms in total. The minimum absolute atomic E-state index is 0.167. The lowest BCUT2D eigenvalue weighted by molar-refractivity contribution is -0.275. The Hall–Kier alpha value is -0.570. The third-order valence-corrected chi connectivity index (χ3v) is 2.70. The third kappa shape index (κ3) is 3.20. The van der Waals surface area contributed by atoms with Crippen molar-refractivity contribution >= 4 is 22.6 Å². The Labute approximate surface area is 97.4 Å². The van der Waals surface area contributed by atoms with Crippen molar-refractivity contribution in [3.8, 4) is 5.75 Å². The van der Waals surface area contributed by atoms with Gasteiger partial charge in [0.05, 0.1) is 15.9 Å². The fourth-order valence-electron chi connectivity index (χ4n) is 0.945. The maximum atomic E-state index is 12.0. The SMILES string of the molecule is Cc1cnc(CO)c(I)c1OC(F)(F)F. The number of halogens is 4. The first kappa shape index (κ1) is 12.5. The van der Waals surface area contributed by atoms with Crippen molar-refractivity contribution in [2.75, 3.05) is 0 Å². The molecule has 0 bridgehead atoms. The fourth-order valence-corrected chi connectivity index (χ4v) is 1.79. The Morgan fingerprint density at radius 1 is 1.53 bits per heavy atom. The van der Waals surface area contributed by atoms with Gasteiger partial charge in [-0.25, -0.2) is 0 Å². The van der Waals surface area contributed by atoms with Crippen LogP contribution in [0.2, 0.25) is 0 Å². The van der Waals surface area contributed by atoms with Crippen LogP contribution in [0.15, 0.2) is 6.20 Å². The van der Waals surface area contributed by atoms with Crippen LogP contribution in [0.5, 0.6) is 5.75 Å². The predicted octanol–water partition coefficient (Wildman–Crippen LogP) is 2.39. The van der Waals surface area contributed by atoms with E-state index < -0.39 is 13.0 Å². The van der Waals surface area contributed by atoms with Crippen LogP contribution in [-0.4, -0.2) is 16.5 Å². The number of hydrogen-bond donors (Lipinski definition) is 1. The second-order valence-electron chi connectivity index (χ2n) is 2.74. The molecule has 0 radical (unpaired) electrons. The van der Waals surface area contributed by atoms with Gasteiger partial charge in [0.1, 0.15) is 5.75 Å². The van der Waals surface area contributed by atoms with E-state index in [-0.39, 0.29) is 20.6 Å². The van der Waals surface area contributed by atoms with Crippen LogP contribution in [0.1, 0.15) is 11.3 Å². The van der Waals surface area contributed by atoms with E-state index in [0.717, 1.165) is 0 Å². The Balaban J connectivity index is 3.15. The second-order valence-corrected chi connectivity index (χ2v) is 3.82. The summed E-state index contributed by atoms with van der Waals surface area (Å²) < 4.78 is 40.1. The third-order valence-electron chi connectivity index (χ3n) is 1.59. The number of ether oxygens (including phenoxy) is 1. The highest BCUT2D eigenvalue weighted by Crippen LogP contribution is 2.31. The number of pyridine rings is 1. The van der Waals surface area contributed by atoms with Crippen molar-refractivity contribution in [1.82, 2.24) is 4.98 Å². The van der Waals surface area contributed by atoms with Gasteiger partial charge in [-0.05, 0) is 29.5 Å². The Kier molecular flexibility index (Phi) is 3.77. The summed E-state index contributed by atoms with van der Waals surface area (Å²) >= 11 is 1.66. The maximum Gasteiger partial charge on any atom is 0.573 e. The summed E-state index contributed by atoms with van der Waals surface area (Å²) in [5, 5.41) is 8.83. The average molecular weight is 333 g/mol. The van der Waals surface area contributed by atoms with Gasteiger partial charge in [0, 0.05) is 11.8 Å². The van der Waals surface area contributed by atoms with Crippen LogP contribution < -0.4 is 4.74 Å². The van der Waals surface area contributed by atoms with Gasteiger partial charge in [0.2, 0.25) is 0 Å². The minimum atomic E-state index is -4.74. The van der Waals surface area contributed by atoms with Crippen molar-refractivity contribution in [3.05, 3.63) is 21.0 Å². The normalized spacial score (nSPS) is 11.6. The lowest BCUT2D eigenvalue weighted by atomic mass is 10.2. The predicted molar refractivity (Wildman–Crippen MR) is 54.3 cm³/mol. The van der Waals surface area contributed by atoms with Crippen LogP contribution in [0.4, 0.5) is 13.2 Å². The van der Waals surface area contributed by atoms with Crippen LogP contribution >= 0.6 is 22.6 Å². The molecule has 15 heavy (non-hydrogen) atoms. The van der Waals surface area contributed by atoms with Gasteiger partial charge in [-0.3, -0.25) is 4.98 Å². The van der Waals surface area contributed by atoms with E-state index in [1.807, 2.05) is 0 Å². The molecule has 1 heterocycles. The van der Waals surface area contributed by atoms with Crippen molar-refractivity contribution in [3.63, 3.8) is 0 Å². The quantitative estimate of drug-likeness (QED) is 0.845. The molecule has 7 heteroatoms. The number of rotatable bonds is 2. The summed E-state index contributed by atoms with van der Waals surface area (Å²) in [6.07, 6.45) is -3.51. The van der Waals surface area contributed by atoms with Gasteiger partial charge in [-0.2, -0.15) is 0 Å². The molecule has 1 rings (SSSR count). The molecule has 0 aliphatic rings. The zero-order valence-electron chi connectivity index (χ0n) is 7.60. The molecular weight excluding hydrogens is 326 g/mol. The van der Waals surface area contributed by atoms with E-state index in [0.29, 0.717) is 0 Å². The number of alkyl halides is 3. The van der Waals surface area contributed by atoms with E-state index in [1.54, 1.807) is 22.6 Å². The first-order valence-corrected chi connectivity index (χ1v) is 4.93. The van der Waals surface area contributed by atoms with Gasteiger partial charge in [-0.1, -0.05) is 0 Å². The molecule has 0 atom stereocenters. The van der Waals surface area contributed by atoms with Gasteiger partial charge >= 0.3 is 6.36 Å². The Morgan fingerprint density at radius 2 is 2.13 bits per heavy atom. The van der Waals surface area contributed by atoms with Crippen LogP contribution in [0.3, 0.4) is 0 Å². The summed E-state index contributed by atoms with van der Waals surface area (Å²) in [6.45, 7) is 1.03. The highest BCUT2D eigenvalue weighted by molar-refractivity contribution is 14.1. The molecule has 0 saturated carbocycles. The van der Waals surface area contributed by atoms with Gasteiger partial charge in [0.15, 0.2) is 0 Å². The van der Waals surface area contributed by atoms with Crippen LogP contribution in [0, 0.1) is 10.5 Å². The van der Waals surface area contributed by atoms with Crippen molar-refractivity contribution in [2.45, 2.75) is 19.9 Å². The lowest BCUT2D eigenvalue weighted by Crippen LogP contribution is -2.19. The highest BCUT2D eigenvalue weighted by Gasteiger charge is 2.33. The molecule has 0 fully saturated rings. The molecule has 0 aliphatic heterocycles. The number of aromatic nitrogens is 1. The molecule has 0 spiro atoms. The molecule has 1 aromatic rings. The second kappa shape index (κ2) is 4.52. The zero-order chi connectivity index (χ0) is 11.6. The zero-order valence-corrected chi connectivity index (χ0v) is 9.76. The number of aliphatic hydroxyl groups is 1. The van der Waals surface area contributed by atoms with E-state index in [9.17, 15) is 13.2 Å². The van der Waals surface area contributed by atoms with Crippen LogP contribution in [-0.2, 0) is 6.61 Å². The summed E-state index contributed by atoms with van der Waals surface area (Å²) in [5.41, 5.74) is 0.439. The number of hydrogen-bond acceptors (Lipinski definition) is 3. The maximum absolute atomic E-state index is 12.0. The highest BCUT2D eigenvalue weighted by atomic mass is 127. The standard InChI is InChI=1S/C8H7F3INO2/c1-4-2-13-5(3-14)6(12)7(4)15-8(9,10)11/h2,14H,3H2,1H3. The van der Waals surface area contributed by atoms with Crippen LogP contribution in [0.25, 0.3) is 0 Å². The summed E-state index contributed by atoms with van der Waals surface area (Å²) in [4.78, 5) is 3.78. The Bertz CT molecular complexity index is 368. The van der Waals surface area contributed by atoms with E-state index in [4.69, 9.17) is 5.11 Å². The number of nitrogens with zero attached hydrogens (tertiary/aromatic N) is 1. The Morgan fingerprint density at radius 3 is 2.60 bits per heavy atom. The average Bonchev–Trinajstić information content (AvgIpc) is 2.11. The van der Waals surface area contributed by atoms with Gasteiger partial charge in [0.25, 0.3) is 0 Å². The molecule has 1 aromatic heterocycles. The molecule has 84 valence electrons. The number of aliphatic hydroxyl groups excluding tert-OH is 1. The van der Waals surface area contributed by atoms with E-state index in [2.05, 4.69) is 9.72 Å². The number of aryl methyl sites for hydroxylation is 1. The monoisotopic (exact) mass is 333 g/mol. The first-order valence-electron chi connectivity index (χ1n) is 3.85. The molecule has 0 aromatic carbocycles. The van der Waals surface area contributed by atoms with Gasteiger partial charge < -0.3 is 9.84 Å². The molecule has 0 aliphatic carbocycles. The van der Waals surface area contributed by atoms with Crippen molar-refractivity contribution in [2.24, 2.45) is 0 Å². The largest absolute Gasteiger partial charge is 0.573 e. The summed E-state index contributed by atoms with van der Waals surface area (Å²) in [5.74, 6) is -0.304.